The average molecular weight is 462 g/mol. The molecule has 5 rings (SSSR count). The second-order valence-corrected chi connectivity index (χ2v) is 8.85. The molecule has 1 heterocycles. The second kappa shape index (κ2) is 9.55. The number of allylic oxidation sites excluding steroid dienone is 1. The van der Waals surface area contributed by atoms with Crippen molar-refractivity contribution < 1.29 is 9.59 Å². The van der Waals surface area contributed by atoms with Gasteiger partial charge in [-0.05, 0) is 59.4 Å². The molecule has 0 aliphatic heterocycles. The summed E-state index contributed by atoms with van der Waals surface area (Å²) in [6.45, 7) is 0.449. The molecule has 0 unspecified atom stereocenters. The van der Waals surface area contributed by atoms with Gasteiger partial charge in [0.1, 0.15) is 0 Å². The van der Waals surface area contributed by atoms with Gasteiger partial charge in [0.25, 0.3) is 11.8 Å². The van der Waals surface area contributed by atoms with Crippen LogP contribution < -0.4 is 5.32 Å². The predicted molar refractivity (Wildman–Crippen MR) is 140 cm³/mol. The van der Waals surface area contributed by atoms with Crippen molar-refractivity contribution in [1.29, 1.82) is 0 Å². The van der Waals surface area contributed by atoms with E-state index >= 15 is 0 Å². The first-order valence-electron chi connectivity index (χ1n) is 11.8. The molecule has 1 aliphatic rings. The van der Waals surface area contributed by atoms with E-state index in [0.717, 1.165) is 51.7 Å². The number of hydrogen-bond acceptors (Lipinski definition) is 3. The highest BCUT2D eigenvalue weighted by atomic mass is 16.2. The Morgan fingerprint density at radius 1 is 0.943 bits per heavy atom. The van der Waals surface area contributed by atoms with Gasteiger partial charge >= 0.3 is 0 Å². The fourth-order valence-electron chi connectivity index (χ4n) is 4.72. The van der Waals surface area contributed by atoms with Gasteiger partial charge in [0, 0.05) is 31.6 Å². The minimum Gasteiger partial charge on any atom is -0.355 e. The number of fused-ring (bicyclic) bond motifs is 2. The molecule has 2 amide bonds. The van der Waals surface area contributed by atoms with Gasteiger partial charge in [-0.25, -0.2) is 4.98 Å². The minimum atomic E-state index is -0.126. The molecule has 5 heteroatoms. The Kier molecular flexibility index (Phi) is 6.15. The normalized spacial score (nSPS) is 13.6. The van der Waals surface area contributed by atoms with Gasteiger partial charge in [-0.1, -0.05) is 60.7 Å². The summed E-state index contributed by atoms with van der Waals surface area (Å²) in [5.41, 5.74) is 7.39. The Balaban J connectivity index is 1.51. The minimum absolute atomic E-state index is 0.0174. The second-order valence-electron chi connectivity index (χ2n) is 8.85. The van der Waals surface area contributed by atoms with Gasteiger partial charge in [-0.2, -0.15) is 0 Å². The lowest BCUT2D eigenvalue weighted by Gasteiger charge is -2.20. The maximum absolute atomic E-state index is 13.8. The third-order valence-electron chi connectivity index (χ3n) is 6.51. The van der Waals surface area contributed by atoms with Crippen LogP contribution in [0.25, 0.3) is 22.6 Å². The molecule has 0 saturated heterocycles. The zero-order valence-corrected chi connectivity index (χ0v) is 19.9. The maximum Gasteiger partial charge on any atom is 0.254 e. The molecule has 0 spiro atoms. The van der Waals surface area contributed by atoms with Gasteiger partial charge in [0.15, 0.2) is 0 Å². The van der Waals surface area contributed by atoms with Crippen LogP contribution in [0, 0.1) is 0 Å². The number of amides is 2. The Morgan fingerprint density at radius 3 is 2.40 bits per heavy atom. The number of pyridine rings is 1. The first kappa shape index (κ1) is 22.5. The number of carbonyl (C=O) groups excluding carboxylic acids is 2. The summed E-state index contributed by atoms with van der Waals surface area (Å²) in [6, 6.07) is 25.5. The number of carbonyl (C=O) groups is 2. The highest BCUT2D eigenvalue weighted by Gasteiger charge is 2.28. The van der Waals surface area contributed by atoms with Crippen LogP contribution >= 0.6 is 0 Å². The Hall–Kier alpha value is -4.25. The van der Waals surface area contributed by atoms with E-state index in [0.29, 0.717) is 12.1 Å². The summed E-state index contributed by atoms with van der Waals surface area (Å²) >= 11 is 0. The zero-order chi connectivity index (χ0) is 24.4. The van der Waals surface area contributed by atoms with Crippen molar-refractivity contribution in [3.05, 3.63) is 112 Å². The molecular formula is C30H27N3O2. The summed E-state index contributed by atoms with van der Waals surface area (Å²) in [5.74, 6) is -0.143. The smallest absolute Gasteiger partial charge is 0.254 e. The van der Waals surface area contributed by atoms with E-state index in [1.54, 1.807) is 24.1 Å². The molecule has 35 heavy (non-hydrogen) atoms. The Morgan fingerprint density at radius 2 is 1.66 bits per heavy atom. The molecule has 1 N–H and O–H groups in total. The number of benzene rings is 3. The van der Waals surface area contributed by atoms with E-state index < -0.39 is 0 Å². The number of aromatic nitrogens is 1. The lowest BCUT2D eigenvalue weighted by molar-refractivity contribution is 0.0785. The molecule has 3 aromatic carbocycles. The molecule has 0 saturated carbocycles. The maximum atomic E-state index is 13.8. The fourth-order valence-corrected chi connectivity index (χ4v) is 4.72. The first-order chi connectivity index (χ1) is 17.0. The molecule has 4 aromatic rings. The van der Waals surface area contributed by atoms with Crippen molar-refractivity contribution in [3.63, 3.8) is 0 Å². The van der Waals surface area contributed by atoms with E-state index in [2.05, 4.69) is 23.5 Å². The standard InChI is InChI=1S/C30H27N3O2/c1-31-29(34)22-14-12-21(13-15-22)19-33(2)30(35)27-24-10-6-7-11-26(24)32-28-23(16-17-25(27)28)18-20-8-4-3-5-9-20/h3-15,18H,16-17,19H2,1-2H3,(H,31,34)/b23-18-. The van der Waals surface area contributed by atoms with Crippen molar-refractivity contribution in [1.82, 2.24) is 15.2 Å². The van der Waals surface area contributed by atoms with Crippen LogP contribution in [0.15, 0.2) is 78.9 Å². The molecule has 174 valence electrons. The van der Waals surface area contributed by atoms with Gasteiger partial charge in [-0.3, -0.25) is 9.59 Å². The molecule has 1 aliphatic carbocycles. The van der Waals surface area contributed by atoms with Crippen molar-refractivity contribution in [2.45, 2.75) is 19.4 Å². The van der Waals surface area contributed by atoms with Gasteiger partial charge in [0.05, 0.1) is 16.8 Å². The van der Waals surface area contributed by atoms with E-state index in [-0.39, 0.29) is 11.8 Å². The fraction of sp³-hybridized carbons (Fsp3) is 0.167. The third-order valence-corrected chi connectivity index (χ3v) is 6.51. The van der Waals surface area contributed by atoms with E-state index in [1.165, 1.54) is 5.57 Å². The van der Waals surface area contributed by atoms with Crippen molar-refractivity contribution in [2.24, 2.45) is 0 Å². The largest absolute Gasteiger partial charge is 0.355 e. The topological polar surface area (TPSA) is 62.3 Å². The summed E-state index contributed by atoms with van der Waals surface area (Å²) in [7, 11) is 3.44. The van der Waals surface area contributed by atoms with E-state index in [1.807, 2.05) is 61.6 Å². The van der Waals surface area contributed by atoms with Crippen LogP contribution in [0.5, 0.6) is 0 Å². The van der Waals surface area contributed by atoms with Crippen molar-refractivity contribution >= 4 is 34.4 Å². The highest BCUT2D eigenvalue weighted by molar-refractivity contribution is 6.09. The van der Waals surface area contributed by atoms with Crippen LogP contribution in [0.1, 0.15) is 49.5 Å². The summed E-state index contributed by atoms with van der Waals surface area (Å²) in [4.78, 5) is 32.4. The van der Waals surface area contributed by atoms with Crippen LogP contribution in [0.3, 0.4) is 0 Å². The first-order valence-corrected chi connectivity index (χ1v) is 11.8. The number of nitrogens with zero attached hydrogens (tertiary/aromatic N) is 2. The van der Waals surface area contributed by atoms with Gasteiger partial charge in [0.2, 0.25) is 0 Å². The summed E-state index contributed by atoms with van der Waals surface area (Å²) in [5, 5.41) is 3.51. The lowest BCUT2D eigenvalue weighted by atomic mass is 9.99. The summed E-state index contributed by atoms with van der Waals surface area (Å²) < 4.78 is 0. The van der Waals surface area contributed by atoms with Crippen LogP contribution in [-0.4, -0.2) is 35.8 Å². The number of rotatable bonds is 5. The molecule has 0 bridgehead atoms. The van der Waals surface area contributed by atoms with E-state index in [4.69, 9.17) is 4.98 Å². The monoisotopic (exact) mass is 461 g/mol. The summed E-state index contributed by atoms with van der Waals surface area (Å²) in [6.07, 6.45) is 3.83. The molecule has 0 atom stereocenters. The quantitative estimate of drug-likeness (QED) is 0.436. The molecule has 0 radical (unpaired) electrons. The van der Waals surface area contributed by atoms with Crippen LogP contribution in [-0.2, 0) is 13.0 Å². The predicted octanol–water partition coefficient (Wildman–Crippen LogP) is 5.35. The van der Waals surface area contributed by atoms with Gasteiger partial charge in [-0.15, -0.1) is 0 Å². The molecule has 5 nitrogen and oxygen atoms in total. The number of hydrogen-bond donors (Lipinski definition) is 1. The highest BCUT2D eigenvalue weighted by Crippen LogP contribution is 2.38. The third kappa shape index (κ3) is 4.45. The Bertz CT molecular complexity index is 1440. The molecular weight excluding hydrogens is 434 g/mol. The van der Waals surface area contributed by atoms with Crippen LogP contribution in [0.4, 0.5) is 0 Å². The SMILES string of the molecule is CNC(=O)c1ccc(CN(C)C(=O)c2c3c(nc4ccccc24)/C(=C\c2ccccc2)CC3)cc1. The zero-order valence-electron chi connectivity index (χ0n) is 19.9. The number of nitrogens with one attached hydrogen (secondary N) is 1. The number of para-hydroxylation sites is 1. The van der Waals surface area contributed by atoms with Crippen molar-refractivity contribution in [2.75, 3.05) is 14.1 Å². The van der Waals surface area contributed by atoms with Gasteiger partial charge < -0.3 is 10.2 Å². The van der Waals surface area contributed by atoms with Crippen LogP contribution in [0.2, 0.25) is 0 Å². The Labute approximate surface area is 205 Å². The van der Waals surface area contributed by atoms with E-state index in [9.17, 15) is 9.59 Å². The lowest BCUT2D eigenvalue weighted by Crippen LogP contribution is -2.27. The molecule has 0 fully saturated rings. The average Bonchev–Trinajstić information content (AvgIpc) is 3.29. The van der Waals surface area contributed by atoms with Crippen molar-refractivity contribution in [3.8, 4) is 0 Å². The molecule has 1 aromatic heterocycles.